The zero-order valence-electron chi connectivity index (χ0n) is 19.3. The molecule has 0 aromatic heterocycles. The van der Waals surface area contributed by atoms with Crippen LogP contribution in [0.5, 0.6) is 0 Å². The molecule has 186 valence electrons. The third kappa shape index (κ3) is 5.67. The highest BCUT2D eigenvalue weighted by atomic mass is 19.1. The van der Waals surface area contributed by atoms with Gasteiger partial charge < -0.3 is 4.74 Å². The van der Waals surface area contributed by atoms with E-state index in [9.17, 15) is 24.8 Å². The fraction of sp³-hybridized carbons (Fsp3) is 0.240. The lowest BCUT2D eigenvalue weighted by Gasteiger charge is -2.28. The van der Waals surface area contributed by atoms with Crippen LogP contribution in [0.1, 0.15) is 51.0 Å². The molecule has 3 atom stereocenters. The maximum Gasteiger partial charge on any atom is 0.338 e. The molecule has 0 radical (unpaired) electrons. The SMILES string of the molecule is [N-]=[N+]=NC[C@H](C[C@@H]1c2ccccc2Cc2ccc(F)cc2[C@@H]1N=[N+]=[N-])OC(=O)c1ccc([N+](=O)[O-])cc1. The van der Waals surface area contributed by atoms with Gasteiger partial charge in [0.25, 0.3) is 5.69 Å². The van der Waals surface area contributed by atoms with Crippen molar-refractivity contribution < 1.29 is 18.8 Å². The lowest BCUT2D eigenvalue weighted by molar-refractivity contribution is -0.384. The van der Waals surface area contributed by atoms with Crippen LogP contribution < -0.4 is 0 Å². The van der Waals surface area contributed by atoms with Gasteiger partial charge in [-0.25, -0.2) is 9.18 Å². The smallest absolute Gasteiger partial charge is 0.338 e. The van der Waals surface area contributed by atoms with E-state index in [1.165, 1.54) is 36.4 Å². The molecule has 3 aromatic carbocycles. The van der Waals surface area contributed by atoms with Crippen LogP contribution in [0, 0.1) is 15.9 Å². The first-order valence-electron chi connectivity index (χ1n) is 11.3. The van der Waals surface area contributed by atoms with E-state index in [2.05, 4.69) is 20.1 Å². The van der Waals surface area contributed by atoms with E-state index in [0.29, 0.717) is 12.0 Å². The predicted octanol–water partition coefficient (Wildman–Crippen LogP) is 6.70. The Labute approximate surface area is 209 Å². The number of esters is 1. The van der Waals surface area contributed by atoms with Gasteiger partial charge in [-0.2, -0.15) is 0 Å². The Kier molecular flexibility index (Phi) is 7.63. The Bertz CT molecular complexity index is 1430. The summed E-state index contributed by atoms with van der Waals surface area (Å²) in [6.45, 7) is -0.202. The average Bonchev–Trinajstić information content (AvgIpc) is 3.02. The van der Waals surface area contributed by atoms with Crippen LogP contribution in [0.4, 0.5) is 10.1 Å². The summed E-state index contributed by atoms with van der Waals surface area (Å²) in [5, 5.41) is 18.5. The summed E-state index contributed by atoms with van der Waals surface area (Å²) in [6, 6.07) is 16.0. The number of nitro benzene ring substituents is 1. The van der Waals surface area contributed by atoms with E-state index < -0.39 is 34.8 Å². The lowest BCUT2D eigenvalue weighted by Crippen LogP contribution is -2.26. The van der Waals surface area contributed by atoms with Crippen molar-refractivity contribution in [3.8, 4) is 0 Å². The van der Waals surface area contributed by atoms with Gasteiger partial charge in [-0.3, -0.25) is 10.1 Å². The van der Waals surface area contributed by atoms with Gasteiger partial charge >= 0.3 is 5.97 Å². The fourth-order valence-corrected chi connectivity index (χ4v) is 4.61. The van der Waals surface area contributed by atoms with Crippen molar-refractivity contribution in [1.82, 2.24) is 0 Å². The highest BCUT2D eigenvalue weighted by Crippen LogP contribution is 2.44. The molecule has 0 aliphatic heterocycles. The van der Waals surface area contributed by atoms with Crippen LogP contribution >= 0.6 is 0 Å². The summed E-state index contributed by atoms with van der Waals surface area (Å²) in [7, 11) is 0. The van der Waals surface area contributed by atoms with E-state index in [4.69, 9.17) is 10.3 Å². The number of non-ortho nitro benzene ring substituents is 1. The van der Waals surface area contributed by atoms with E-state index in [1.807, 2.05) is 24.3 Å². The third-order valence-corrected chi connectivity index (χ3v) is 6.27. The first-order chi connectivity index (χ1) is 17.9. The van der Waals surface area contributed by atoms with E-state index in [1.54, 1.807) is 6.07 Å². The molecule has 0 N–H and O–H groups in total. The summed E-state index contributed by atoms with van der Waals surface area (Å²) in [5.74, 6) is -1.77. The topological polar surface area (TPSA) is 167 Å². The number of fused-ring (bicyclic) bond motifs is 2. The van der Waals surface area contributed by atoms with Gasteiger partial charge in [0.05, 0.1) is 23.1 Å². The molecular formula is C25H20FN7O4. The lowest BCUT2D eigenvalue weighted by atomic mass is 9.83. The summed E-state index contributed by atoms with van der Waals surface area (Å²) in [4.78, 5) is 29.0. The molecule has 1 aliphatic carbocycles. The van der Waals surface area contributed by atoms with Crippen molar-refractivity contribution in [2.24, 2.45) is 10.2 Å². The Hall–Kier alpha value is -4.92. The van der Waals surface area contributed by atoms with Gasteiger partial charge in [0, 0.05) is 27.9 Å². The number of carbonyl (C=O) groups excluding carboxylic acids is 1. The molecule has 0 saturated heterocycles. The second-order valence-corrected chi connectivity index (χ2v) is 8.46. The van der Waals surface area contributed by atoms with Crippen molar-refractivity contribution in [3.63, 3.8) is 0 Å². The van der Waals surface area contributed by atoms with Crippen molar-refractivity contribution in [2.75, 3.05) is 6.54 Å². The maximum absolute atomic E-state index is 14.3. The molecular weight excluding hydrogens is 481 g/mol. The van der Waals surface area contributed by atoms with Gasteiger partial charge in [0.1, 0.15) is 11.9 Å². The van der Waals surface area contributed by atoms with Crippen LogP contribution in [-0.2, 0) is 11.2 Å². The van der Waals surface area contributed by atoms with Crippen molar-refractivity contribution in [3.05, 3.63) is 131 Å². The second-order valence-electron chi connectivity index (χ2n) is 8.46. The number of rotatable bonds is 8. The van der Waals surface area contributed by atoms with Crippen LogP contribution in [0.2, 0.25) is 0 Å². The molecule has 11 nitrogen and oxygen atoms in total. The molecule has 3 aromatic rings. The Morgan fingerprint density at radius 2 is 1.81 bits per heavy atom. The molecule has 1 aliphatic rings. The summed E-state index contributed by atoms with van der Waals surface area (Å²) in [5.41, 5.74) is 21.3. The van der Waals surface area contributed by atoms with Gasteiger partial charge in [0.15, 0.2) is 0 Å². The fourth-order valence-electron chi connectivity index (χ4n) is 4.61. The third-order valence-electron chi connectivity index (χ3n) is 6.27. The molecule has 37 heavy (non-hydrogen) atoms. The minimum absolute atomic E-state index is 0.0804. The monoisotopic (exact) mass is 501 g/mol. The van der Waals surface area contributed by atoms with Crippen LogP contribution in [0.15, 0.2) is 77.0 Å². The van der Waals surface area contributed by atoms with Crippen molar-refractivity contribution in [1.29, 1.82) is 0 Å². The molecule has 0 spiro atoms. The number of carbonyl (C=O) groups is 1. The number of halogens is 1. The number of hydrogen-bond acceptors (Lipinski definition) is 6. The Morgan fingerprint density at radius 3 is 2.51 bits per heavy atom. The summed E-state index contributed by atoms with van der Waals surface area (Å²) >= 11 is 0. The number of ether oxygens (including phenoxy) is 1. The molecule has 0 fully saturated rings. The molecule has 0 unspecified atom stereocenters. The number of benzene rings is 3. The first-order valence-corrected chi connectivity index (χ1v) is 11.3. The van der Waals surface area contributed by atoms with Gasteiger partial charge in [-0.1, -0.05) is 40.6 Å². The maximum atomic E-state index is 14.3. The summed E-state index contributed by atoms with van der Waals surface area (Å²) in [6.07, 6.45) is -0.333. The molecule has 12 heteroatoms. The van der Waals surface area contributed by atoms with Crippen molar-refractivity contribution in [2.45, 2.75) is 30.9 Å². The minimum Gasteiger partial charge on any atom is -0.459 e. The van der Waals surface area contributed by atoms with Crippen LogP contribution in [0.3, 0.4) is 0 Å². The van der Waals surface area contributed by atoms with E-state index in [0.717, 1.165) is 16.7 Å². The molecule has 0 heterocycles. The van der Waals surface area contributed by atoms with Crippen molar-refractivity contribution >= 4 is 11.7 Å². The predicted molar refractivity (Wildman–Crippen MR) is 131 cm³/mol. The quantitative estimate of drug-likeness (QED) is 0.0836. The van der Waals surface area contributed by atoms with Gasteiger partial charge in [0.2, 0.25) is 0 Å². The minimum atomic E-state index is -0.928. The Morgan fingerprint density at radius 1 is 1.08 bits per heavy atom. The summed E-state index contributed by atoms with van der Waals surface area (Å²) < 4.78 is 19.9. The normalized spacial score (nSPS) is 16.6. The highest BCUT2D eigenvalue weighted by Gasteiger charge is 2.34. The zero-order chi connectivity index (χ0) is 26.4. The molecule has 0 amide bonds. The first kappa shape index (κ1) is 25.2. The largest absolute Gasteiger partial charge is 0.459 e. The van der Waals surface area contributed by atoms with Gasteiger partial charge in [-0.05, 0) is 70.4 Å². The Balaban J connectivity index is 1.71. The molecule has 0 saturated carbocycles. The van der Waals surface area contributed by atoms with E-state index >= 15 is 0 Å². The number of nitro groups is 1. The second kappa shape index (κ2) is 11.2. The van der Waals surface area contributed by atoms with Crippen LogP contribution in [0.25, 0.3) is 20.9 Å². The number of azide groups is 2. The molecule has 4 rings (SSSR count). The molecule has 0 bridgehead atoms. The van der Waals surface area contributed by atoms with Crippen LogP contribution in [-0.4, -0.2) is 23.5 Å². The van der Waals surface area contributed by atoms with Gasteiger partial charge in [-0.15, -0.1) is 0 Å². The highest BCUT2D eigenvalue weighted by molar-refractivity contribution is 5.89. The van der Waals surface area contributed by atoms with E-state index in [-0.39, 0.29) is 24.2 Å². The number of hydrogen-bond donors (Lipinski definition) is 0. The average molecular weight is 501 g/mol. The zero-order valence-corrected chi connectivity index (χ0v) is 19.3. The number of nitrogens with zero attached hydrogens (tertiary/aromatic N) is 7. The standard InChI is InChI=1S/C25H20FN7O4/c26-18-8-5-17-11-16-3-1-2-4-21(16)23(24(30-32-28)22(17)12-18)13-20(14-29-31-27)37-25(34)15-6-9-19(10-7-15)33(35)36/h1-10,12,20,23-24H,11,13-14H2/t20-,23+,24-/m0/s1.